The van der Waals surface area contributed by atoms with Gasteiger partial charge in [0.2, 0.25) is 11.6 Å². The average molecular weight is 439 g/mol. The van der Waals surface area contributed by atoms with Crippen LogP contribution in [0.1, 0.15) is 17.3 Å². The molecule has 1 heterocycles. The number of carbonyl (C=O) groups excluding carboxylic acids is 1. The molecule has 3 aromatic rings. The van der Waals surface area contributed by atoms with Crippen LogP contribution in [-0.2, 0) is 0 Å². The van der Waals surface area contributed by atoms with E-state index in [4.69, 9.17) is 4.74 Å². The van der Waals surface area contributed by atoms with Gasteiger partial charge in [0, 0.05) is 11.8 Å². The number of anilines is 3. The molecular formula is C19H17N7O6. The minimum Gasteiger partial charge on any atom is -0.494 e. The van der Waals surface area contributed by atoms with Gasteiger partial charge in [-0.3, -0.25) is 35.9 Å². The lowest BCUT2D eigenvalue weighted by Crippen LogP contribution is -2.30. The normalized spacial score (nSPS) is 10.2. The van der Waals surface area contributed by atoms with Gasteiger partial charge in [0.1, 0.15) is 17.6 Å². The summed E-state index contributed by atoms with van der Waals surface area (Å²) in [6.07, 6.45) is 1.06. The van der Waals surface area contributed by atoms with Crippen LogP contribution in [-0.4, -0.2) is 32.3 Å². The van der Waals surface area contributed by atoms with Gasteiger partial charge in [-0.2, -0.15) is 0 Å². The number of nitrogens with zero attached hydrogens (tertiary/aromatic N) is 4. The second-order valence-electron chi connectivity index (χ2n) is 6.11. The Morgan fingerprint density at radius 2 is 1.69 bits per heavy atom. The second-order valence-corrected chi connectivity index (χ2v) is 6.11. The second kappa shape index (κ2) is 9.80. The molecule has 0 aliphatic heterocycles. The van der Waals surface area contributed by atoms with Gasteiger partial charge in [-0.15, -0.1) is 0 Å². The van der Waals surface area contributed by atoms with Gasteiger partial charge < -0.3 is 10.1 Å². The Morgan fingerprint density at radius 1 is 1.00 bits per heavy atom. The van der Waals surface area contributed by atoms with Crippen molar-refractivity contribution in [1.82, 2.24) is 15.4 Å². The molecule has 0 bridgehead atoms. The fourth-order valence-electron chi connectivity index (χ4n) is 2.68. The predicted octanol–water partition coefficient (Wildman–Crippen LogP) is 3.19. The van der Waals surface area contributed by atoms with Crippen molar-refractivity contribution in [3.63, 3.8) is 0 Å². The number of hydrazine groups is 1. The first-order valence-electron chi connectivity index (χ1n) is 9.19. The zero-order valence-electron chi connectivity index (χ0n) is 16.6. The summed E-state index contributed by atoms with van der Waals surface area (Å²) in [5, 5.41) is 25.6. The molecule has 13 nitrogen and oxygen atoms in total. The van der Waals surface area contributed by atoms with E-state index in [1.807, 2.05) is 6.92 Å². The molecule has 3 rings (SSSR count). The lowest BCUT2D eigenvalue weighted by atomic mass is 10.2. The highest BCUT2D eigenvalue weighted by Crippen LogP contribution is 2.31. The Balaban J connectivity index is 1.81. The van der Waals surface area contributed by atoms with E-state index in [-0.39, 0.29) is 17.2 Å². The van der Waals surface area contributed by atoms with Crippen molar-refractivity contribution in [2.75, 3.05) is 17.3 Å². The van der Waals surface area contributed by atoms with Gasteiger partial charge >= 0.3 is 5.69 Å². The Hall–Kier alpha value is -4.81. The number of nitro benzene ring substituents is 1. The molecule has 32 heavy (non-hydrogen) atoms. The molecule has 13 heteroatoms. The molecule has 0 saturated heterocycles. The number of benzene rings is 2. The zero-order chi connectivity index (χ0) is 23.1. The van der Waals surface area contributed by atoms with Crippen molar-refractivity contribution in [1.29, 1.82) is 0 Å². The van der Waals surface area contributed by atoms with Gasteiger partial charge in [0.15, 0.2) is 0 Å². The molecule has 0 aliphatic rings. The fraction of sp³-hybridized carbons (Fsp3) is 0.105. The van der Waals surface area contributed by atoms with E-state index in [0.29, 0.717) is 18.0 Å². The molecule has 0 aliphatic carbocycles. The van der Waals surface area contributed by atoms with Crippen molar-refractivity contribution in [3.8, 4) is 5.75 Å². The van der Waals surface area contributed by atoms with Crippen molar-refractivity contribution in [3.05, 3.63) is 80.7 Å². The first-order valence-corrected chi connectivity index (χ1v) is 9.19. The van der Waals surface area contributed by atoms with Crippen LogP contribution >= 0.6 is 0 Å². The van der Waals surface area contributed by atoms with Crippen molar-refractivity contribution in [2.45, 2.75) is 6.92 Å². The third-order valence-corrected chi connectivity index (χ3v) is 4.07. The monoisotopic (exact) mass is 439 g/mol. The minimum absolute atomic E-state index is 0.128. The molecule has 0 saturated carbocycles. The number of nitrogens with one attached hydrogen (secondary N) is 3. The summed E-state index contributed by atoms with van der Waals surface area (Å²) in [4.78, 5) is 41.4. The molecule has 0 unspecified atom stereocenters. The van der Waals surface area contributed by atoms with E-state index in [9.17, 15) is 25.0 Å². The first-order chi connectivity index (χ1) is 15.4. The third kappa shape index (κ3) is 5.02. The summed E-state index contributed by atoms with van der Waals surface area (Å²) in [7, 11) is 0. The first kappa shape index (κ1) is 21.9. The molecule has 1 amide bonds. The highest BCUT2D eigenvalue weighted by molar-refractivity contribution is 5.98. The minimum atomic E-state index is -0.869. The molecule has 0 spiro atoms. The van der Waals surface area contributed by atoms with Crippen LogP contribution in [0.3, 0.4) is 0 Å². The Morgan fingerprint density at radius 3 is 2.34 bits per heavy atom. The van der Waals surface area contributed by atoms with Crippen molar-refractivity contribution >= 4 is 34.6 Å². The van der Waals surface area contributed by atoms with Gasteiger partial charge in [-0.25, -0.2) is 9.97 Å². The summed E-state index contributed by atoms with van der Waals surface area (Å²) >= 11 is 0. The molecule has 0 radical (unpaired) electrons. The van der Waals surface area contributed by atoms with E-state index in [1.54, 1.807) is 24.3 Å². The number of aromatic nitrogens is 2. The Labute approximate surface area is 180 Å². The predicted molar refractivity (Wildman–Crippen MR) is 114 cm³/mol. The Bertz CT molecular complexity index is 1150. The Kier molecular flexibility index (Phi) is 6.70. The summed E-state index contributed by atoms with van der Waals surface area (Å²) < 4.78 is 5.35. The number of amides is 1. The van der Waals surface area contributed by atoms with Crippen LogP contribution < -0.4 is 20.9 Å². The van der Waals surface area contributed by atoms with Crippen LogP contribution in [0, 0.1) is 20.2 Å². The number of carbonyl (C=O) groups is 1. The van der Waals surface area contributed by atoms with Crippen LogP contribution in [0.5, 0.6) is 5.75 Å². The maximum atomic E-state index is 12.4. The summed E-state index contributed by atoms with van der Waals surface area (Å²) in [6.45, 7) is 2.34. The topological polar surface area (TPSA) is 174 Å². The SMILES string of the molecule is CCOc1ccc(Nc2ncnc(NNC(=O)c3ccccc3[N+](=O)[O-])c2[N+](=O)[O-])cc1. The maximum absolute atomic E-state index is 12.4. The lowest BCUT2D eigenvalue weighted by Gasteiger charge is -2.11. The highest BCUT2D eigenvalue weighted by Gasteiger charge is 2.25. The number of nitro groups is 2. The molecule has 1 aromatic heterocycles. The standard InChI is InChI=1S/C19H17N7O6/c1-2-32-13-9-7-12(8-10-13)22-17-16(26(30)31)18(21-11-20-17)23-24-19(27)14-5-3-4-6-15(14)25(28)29/h3-11H,2H2,1H3,(H,24,27)(H2,20,21,22,23). The van der Waals surface area contributed by atoms with E-state index in [2.05, 4.69) is 26.1 Å². The quantitative estimate of drug-likeness (QED) is 0.332. The molecule has 3 N–H and O–H groups in total. The summed E-state index contributed by atoms with van der Waals surface area (Å²) in [5.74, 6) is -0.677. The van der Waals surface area contributed by atoms with Crippen molar-refractivity contribution < 1.29 is 19.4 Å². The molecule has 0 fully saturated rings. The zero-order valence-corrected chi connectivity index (χ0v) is 16.6. The number of hydrogen-bond acceptors (Lipinski definition) is 10. The summed E-state index contributed by atoms with van der Waals surface area (Å²) in [6, 6.07) is 12.0. The van der Waals surface area contributed by atoms with Gasteiger partial charge in [0.25, 0.3) is 11.6 Å². The molecule has 0 atom stereocenters. The van der Waals surface area contributed by atoms with Crippen LogP contribution in [0.25, 0.3) is 0 Å². The number of para-hydroxylation sites is 1. The number of hydrogen-bond donors (Lipinski definition) is 3. The largest absolute Gasteiger partial charge is 0.494 e. The van der Waals surface area contributed by atoms with Crippen molar-refractivity contribution in [2.24, 2.45) is 0 Å². The maximum Gasteiger partial charge on any atom is 0.355 e. The summed E-state index contributed by atoms with van der Waals surface area (Å²) in [5.41, 5.74) is 3.85. The van der Waals surface area contributed by atoms with E-state index < -0.39 is 27.1 Å². The highest BCUT2D eigenvalue weighted by atomic mass is 16.6. The average Bonchev–Trinajstić information content (AvgIpc) is 2.78. The third-order valence-electron chi connectivity index (χ3n) is 4.07. The van der Waals surface area contributed by atoms with Crippen LogP contribution in [0.2, 0.25) is 0 Å². The fourth-order valence-corrected chi connectivity index (χ4v) is 2.68. The van der Waals surface area contributed by atoms with Gasteiger partial charge in [0.05, 0.1) is 16.5 Å². The molecule has 164 valence electrons. The van der Waals surface area contributed by atoms with Gasteiger partial charge in [-0.05, 0) is 37.3 Å². The molecular weight excluding hydrogens is 422 g/mol. The van der Waals surface area contributed by atoms with Crippen LogP contribution in [0.15, 0.2) is 54.9 Å². The van der Waals surface area contributed by atoms with E-state index >= 15 is 0 Å². The number of rotatable bonds is 9. The van der Waals surface area contributed by atoms with Crippen LogP contribution in [0.4, 0.5) is 28.7 Å². The van der Waals surface area contributed by atoms with E-state index in [1.165, 1.54) is 24.3 Å². The lowest BCUT2D eigenvalue weighted by molar-refractivity contribution is -0.385. The molecule has 2 aromatic carbocycles. The number of ether oxygens (including phenoxy) is 1. The van der Waals surface area contributed by atoms with Gasteiger partial charge in [-0.1, -0.05) is 12.1 Å². The smallest absolute Gasteiger partial charge is 0.355 e. The van der Waals surface area contributed by atoms with E-state index in [0.717, 1.165) is 6.33 Å².